The zero-order valence-electron chi connectivity index (χ0n) is 18.1. The normalized spacial score (nSPS) is 11.4. The maximum Gasteiger partial charge on any atom is 0.416 e. The van der Waals surface area contributed by atoms with E-state index in [0.717, 1.165) is 31.0 Å². The van der Waals surface area contributed by atoms with Crippen molar-refractivity contribution >= 4 is 34.0 Å². The molecule has 2 aromatic carbocycles. The van der Waals surface area contributed by atoms with E-state index in [9.17, 15) is 27.6 Å². The Balaban J connectivity index is 2.07. The molecule has 3 aromatic rings. The minimum atomic E-state index is -4.65. The molecule has 0 saturated heterocycles. The van der Waals surface area contributed by atoms with Gasteiger partial charge in [0.1, 0.15) is 0 Å². The highest BCUT2D eigenvalue weighted by atomic mass is 19.4. The third-order valence-corrected chi connectivity index (χ3v) is 4.96. The van der Waals surface area contributed by atoms with Gasteiger partial charge >= 0.3 is 6.18 Å². The summed E-state index contributed by atoms with van der Waals surface area (Å²) >= 11 is 0. The predicted octanol–water partition coefficient (Wildman–Crippen LogP) is 4.82. The molecule has 0 fully saturated rings. The lowest BCUT2D eigenvalue weighted by atomic mass is 10.1. The number of anilines is 2. The van der Waals surface area contributed by atoms with Crippen molar-refractivity contribution in [3.8, 4) is 0 Å². The van der Waals surface area contributed by atoms with Gasteiger partial charge in [-0.05, 0) is 30.7 Å². The van der Waals surface area contributed by atoms with E-state index in [-0.39, 0.29) is 33.4 Å². The summed E-state index contributed by atoms with van der Waals surface area (Å²) in [6, 6.07) is 9.02. The number of aryl methyl sites for hydroxylation is 1. The number of unbranched alkanes of at least 4 members (excludes halogenated alkanes) is 2. The molecule has 2 amide bonds. The van der Waals surface area contributed by atoms with Crippen LogP contribution in [0.1, 0.15) is 49.2 Å². The lowest BCUT2D eigenvalue weighted by Crippen LogP contribution is -2.28. The van der Waals surface area contributed by atoms with E-state index in [2.05, 4.69) is 15.7 Å². The molecule has 7 nitrogen and oxygen atoms in total. The minimum Gasteiger partial charge on any atom is -0.325 e. The van der Waals surface area contributed by atoms with Gasteiger partial charge in [-0.3, -0.25) is 14.4 Å². The van der Waals surface area contributed by atoms with Crippen molar-refractivity contribution in [2.45, 2.75) is 45.8 Å². The molecule has 0 aliphatic carbocycles. The van der Waals surface area contributed by atoms with Gasteiger partial charge in [-0.1, -0.05) is 38.0 Å². The summed E-state index contributed by atoms with van der Waals surface area (Å²) in [4.78, 5) is 37.4. The van der Waals surface area contributed by atoms with E-state index in [1.165, 1.54) is 11.6 Å². The van der Waals surface area contributed by atoms with Crippen LogP contribution in [0.15, 0.2) is 47.3 Å². The number of nitrogens with one attached hydrogen (secondary N) is 2. The highest BCUT2D eigenvalue weighted by molar-refractivity contribution is 6.12. The topological polar surface area (TPSA) is 93.1 Å². The lowest BCUT2D eigenvalue weighted by molar-refractivity contribution is -0.137. The standard InChI is InChI=1S/C23H23F3N4O3/c1-3-4-7-12-30-22(33)17-9-6-5-8-16(17)20(29-30)21(32)28-19-13-15(23(24,25)26)10-11-18(19)27-14(2)31/h5-6,8-11,13H,3-4,7,12H2,1-2H3,(H,27,31)(H,28,32). The molecule has 0 spiro atoms. The molecular formula is C23H23F3N4O3. The number of aromatic nitrogens is 2. The Morgan fingerprint density at radius 3 is 2.33 bits per heavy atom. The molecule has 2 N–H and O–H groups in total. The molecule has 174 valence electrons. The van der Waals surface area contributed by atoms with Crippen LogP contribution < -0.4 is 16.2 Å². The molecule has 3 rings (SSSR count). The number of carbonyl (C=O) groups excluding carboxylic acids is 2. The zero-order valence-corrected chi connectivity index (χ0v) is 18.1. The monoisotopic (exact) mass is 460 g/mol. The molecule has 0 unspecified atom stereocenters. The number of carbonyl (C=O) groups is 2. The molecule has 33 heavy (non-hydrogen) atoms. The van der Waals surface area contributed by atoms with Crippen LogP contribution in [-0.2, 0) is 17.5 Å². The van der Waals surface area contributed by atoms with Gasteiger partial charge in [0.2, 0.25) is 5.91 Å². The molecule has 1 aromatic heterocycles. The Kier molecular flexibility index (Phi) is 7.15. The maximum atomic E-state index is 13.2. The largest absolute Gasteiger partial charge is 0.416 e. The van der Waals surface area contributed by atoms with Crippen LogP contribution in [0.3, 0.4) is 0 Å². The summed E-state index contributed by atoms with van der Waals surface area (Å²) in [5.74, 6) is -1.32. The third kappa shape index (κ3) is 5.57. The van der Waals surface area contributed by atoms with Gasteiger partial charge in [0.05, 0.1) is 22.3 Å². The first-order valence-corrected chi connectivity index (χ1v) is 10.4. The Labute approximate surface area is 187 Å². The molecule has 0 aliphatic rings. The summed E-state index contributed by atoms with van der Waals surface area (Å²) in [6.45, 7) is 3.51. The maximum absolute atomic E-state index is 13.2. The fourth-order valence-corrected chi connectivity index (χ4v) is 3.37. The molecule has 1 heterocycles. The van der Waals surface area contributed by atoms with Crippen LogP contribution in [-0.4, -0.2) is 21.6 Å². The second-order valence-electron chi connectivity index (χ2n) is 7.52. The Hall–Kier alpha value is -3.69. The summed E-state index contributed by atoms with van der Waals surface area (Å²) in [6.07, 6.45) is -2.17. The van der Waals surface area contributed by atoms with E-state index in [1.807, 2.05) is 6.92 Å². The highest BCUT2D eigenvalue weighted by Gasteiger charge is 2.31. The molecule has 10 heteroatoms. The van der Waals surface area contributed by atoms with E-state index in [1.54, 1.807) is 24.3 Å². The van der Waals surface area contributed by atoms with Crippen molar-refractivity contribution in [2.24, 2.45) is 0 Å². The number of amides is 2. The number of nitrogens with zero attached hydrogens (tertiary/aromatic N) is 2. The number of hydrogen-bond donors (Lipinski definition) is 2. The fraction of sp³-hybridized carbons (Fsp3) is 0.304. The van der Waals surface area contributed by atoms with Crippen molar-refractivity contribution in [1.29, 1.82) is 0 Å². The Bertz CT molecular complexity index is 1250. The van der Waals surface area contributed by atoms with Crippen molar-refractivity contribution in [2.75, 3.05) is 10.6 Å². The summed E-state index contributed by atoms with van der Waals surface area (Å²) in [7, 11) is 0. The highest BCUT2D eigenvalue weighted by Crippen LogP contribution is 2.34. The number of hydrogen-bond acceptors (Lipinski definition) is 4. The number of alkyl halides is 3. The van der Waals surface area contributed by atoms with Crippen LogP contribution in [0.25, 0.3) is 10.8 Å². The van der Waals surface area contributed by atoms with E-state index >= 15 is 0 Å². The zero-order chi connectivity index (χ0) is 24.2. The Morgan fingerprint density at radius 2 is 1.70 bits per heavy atom. The summed E-state index contributed by atoms with van der Waals surface area (Å²) < 4.78 is 40.9. The fourth-order valence-electron chi connectivity index (χ4n) is 3.37. The second-order valence-corrected chi connectivity index (χ2v) is 7.52. The third-order valence-electron chi connectivity index (χ3n) is 4.96. The lowest BCUT2D eigenvalue weighted by Gasteiger charge is -2.16. The van der Waals surface area contributed by atoms with E-state index in [4.69, 9.17) is 0 Å². The number of fused-ring (bicyclic) bond motifs is 1. The van der Waals surface area contributed by atoms with Gasteiger partial charge in [0.15, 0.2) is 5.69 Å². The average molecular weight is 460 g/mol. The molecule has 0 atom stereocenters. The van der Waals surface area contributed by atoms with Crippen molar-refractivity contribution < 1.29 is 22.8 Å². The average Bonchev–Trinajstić information content (AvgIpc) is 2.75. The minimum absolute atomic E-state index is 0.00410. The van der Waals surface area contributed by atoms with Gasteiger partial charge in [-0.25, -0.2) is 4.68 Å². The van der Waals surface area contributed by atoms with E-state index in [0.29, 0.717) is 13.0 Å². The first-order valence-electron chi connectivity index (χ1n) is 10.4. The first-order chi connectivity index (χ1) is 15.6. The van der Waals surface area contributed by atoms with Crippen LogP contribution in [0.4, 0.5) is 24.5 Å². The predicted molar refractivity (Wildman–Crippen MR) is 119 cm³/mol. The van der Waals surface area contributed by atoms with Crippen molar-refractivity contribution in [3.05, 3.63) is 64.1 Å². The van der Waals surface area contributed by atoms with Gasteiger partial charge in [-0.15, -0.1) is 0 Å². The van der Waals surface area contributed by atoms with Crippen LogP contribution in [0, 0.1) is 0 Å². The van der Waals surface area contributed by atoms with Crippen molar-refractivity contribution in [3.63, 3.8) is 0 Å². The van der Waals surface area contributed by atoms with E-state index < -0.39 is 23.6 Å². The SMILES string of the molecule is CCCCCn1nc(C(=O)Nc2cc(C(F)(F)F)ccc2NC(C)=O)c2ccccc2c1=O. The summed E-state index contributed by atoms with van der Waals surface area (Å²) in [5.41, 5.74) is -1.68. The van der Waals surface area contributed by atoms with Gasteiger partial charge < -0.3 is 10.6 Å². The molecule has 0 radical (unpaired) electrons. The molecule has 0 bridgehead atoms. The van der Waals surface area contributed by atoms with Crippen LogP contribution in [0.5, 0.6) is 0 Å². The summed E-state index contributed by atoms with van der Waals surface area (Å²) in [5, 5.41) is 9.59. The smallest absolute Gasteiger partial charge is 0.325 e. The second kappa shape index (κ2) is 9.85. The van der Waals surface area contributed by atoms with Gasteiger partial charge in [-0.2, -0.15) is 18.3 Å². The Morgan fingerprint density at radius 1 is 1.00 bits per heavy atom. The quantitative estimate of drug-likeness (QED) is 0.495. The van der Waals surface area contributed by atoms with Crippen molar-refractivity contribution in [1.82, 2.24) is 9.78 Å². The molecule has 0 saturated carbocycles. The number of benzene rings is 2. The van der Waals surface area contributed by atoms with Gasteiger partial charge in [0.25, 0.3) is 11.5 Å². The van der Waals surface area contributed by atoms with Gasteiger partial charge in [0, 0.05) is 18.9 Å². The van der Waals surface area contributed by atoms with Crippen LogP contribution >= 0.6 is 0 Å². The van der Waals surface area contributed by atoms with Crippen LogP contribution in [0.2, 0.25) is 0 Å². The first kappa shape index (κ1) is 24.0. The molecule has 0 aliphatic heterocycles. The molecular weight excluding hydrogens is 437 g/mol. The number of halogens is 3. The number of rotatable bonds is 7.